The molecule has 2 heterocycles. The average Bonchev–Trinajstić information content (AvgIpc) is 2.87. The van der Waals surface area contributed by atoms with Gasteiger partial charge in [0.1, 0.15) is 0 Å². The summed E-state index contributed by atoms with van der Waals surface area (Å²) in [5, 5.41) is 0.502. The minimum atomic E-state index is -3.81. The zero-order valence-corrected chi connectivity index (χ0v) is 14.9. The quantitative estimate of drug-likeness (QED) is 0.631. The van der Waals surface area contributed by atoms with E-state index in [2.05, 4.69) is 4.98 Å². The van der Waals surface area contributed by atoms with Crippen molar-refractivity contribution in [2.24, 2.45) is 5.73 Å². The number of aromatic amines is 1. The Balaban J connectivity index is 2.25. The van der Waals surface area contributed by atoms with Gasteiger partial charge in [-0.15, -0.1) is 0 Å². The van der Waals surface area contributed by atoms with E-state index in [1.165, 1.54) is 21.2 Å². The molecule has 1 amide bonds. The van der Waals surface area contributed by atoms with Gasteiger partial charge in [0.2, 0.25) is 0 Å². The molecule has 118 valence electrons. The zero-order chi connectivity index (χ0) is 15.9. The summed E-state index contributed by atoms with van der Waals surface area (Å²) in [5.74, 6) is -0.786. The molecule has 1 saturated heterocycles. The number of aromatic nitrogens is 1. The van der Waals surface area contributed by atoms with E-state index in [0.717, 1.165) is 4.35 Å². The van der Waals surface area contributed by atoms with Gasteiger partial charge in [0.15, 0.2) is 0 Å². The van der Waals surface area contributed by atoms with E-state index in [4.69, 9.17) is 10.5 Å². The molecule has 9 heteroatoms. The number of hydrogen-bond donors (Lipinski definition) is 2. The summed E-state index contributed by atoms with van der Waals surface area (Å²) in [5.41, 5.74) is 5.88. The van der Waals surface area contributed by atoms with Crippen LogP contribution in [-0.2, 0) is 14.8 Å². The van der Waals surface area contributed by atoms with Gasteiger partial charge in [0, 0.05) is 0 Å². The van der Waals surface area contributed by atoms with Crippen molar-refractivity contribution in [3.63, 3.8) is 0 Å². The molecule has 0 bridgehead atoms. The van der Waals surface area contributed by atoms with Gasteiger partial charge in [-0.3, -0.25) is 0 Å². The number of fused-ring (bicyclic) bond motifs is 1. The number of primary amides is 1. The van der Waals surface area contributed by atoms with Crippen molar-refractivity contribution in [1.29, 1.82) is 0 Å². The van der Waals surface area contributed by atoms with E-state index in [1.54, 1.807) is 12.1 Å². The molecule has 0 radical (unpaired) electrons. The molecular weight excluding hydrogens is 369 g/mol. The van der Waals surface area contributed by atoms with Crippen molar-refractivity contribution < 1.29 is 17.9 Å². The van der Waals surface area contributed by atoms with Crippen molar-refractivity contribution in [3.8, 4) is 0 Å². The fraction of sp³-hybridized carbons (Fsp3) is 0.308. The number of ether oxygens (including phenoxy) is 1. The van der Waals surface area contributed by atoms with Crippen molar-refractivity contribution in [1.82, 2.24) is 9.29 Å². The number of rotatable bonds is 3. The molecule has 1 unspecified atom stereocenters. The second kappa shape index (κ2) is 5.70. The molecule has 2 aromatic rings. The van der Waals surface area contributed by atoms with Crippen LogP contribution in [0.25, 0.3) is 10.9 Å². The molecule has 22 heavy (non-hydrogen) atoms. The standard InChI is InChI=1S/C13H16AsN3O4S/c14-8-1-2-10-9(7-8)12(11(16-10)13(15)18)22(19,20)17-3-5-21-6-4-17/h1-2,7,16H,3-6,14H2,(H2,15,18). The molecule has 3 N–H and O–H groups in total. The van der Waals surface area contributed by atoms with Crippen LogP contribution in [0.5, 0.6) is 0 Å². The van der Waals surface area contributed by atoms with Crippen molar-refractivity contribution >= 4 is 48.0 Å². The Morgan fingerprint density at radius 2 is 2.00 bits per heavy atom. The number of amides is 1. The normalized spacial score (nSPS) is 17.0. The van der Waals surface area contributed by atoms with Gasteiger partial charge < -0.3 is 0 Å². The second-order valence-corrected chi connectivity index (χ2v) is 8.29. The second-order valence-electron chi connectivity index (χ2n) is 5.01. The Labute approximate surface area is 136 Å². The molecular formula is C13H16AsN3O4S. The topological polar surface area (TPSA) is 105 Å². The van der Waals surface area contributed by atoms with E-state index in [1.807, 2.05) is 6.07 Å². The third kappa shape index (κ3) is 2.56. The van der Waals surface area contributed by atoms with Gasteiger partial charge in [-0.05, 0) is 0 Å². The summed E-state index contributed by atoms with van der Waals surface area (Å²) in [6.07, 6.45) is 0. The van der Waals surface area contributed by atoms with Crippen LogP contribution < -0.4 is 10.1 Å². The van der Waals surface area contributed by atoms with Crippen LogP contribution in [0.15, 0.2) is 23.1 Å². The first kappa shape index (κ1) is 15.6. The number of nitrogens with zero attached hydrogens (tertiary/aromatic N) is 1. The zero-order valence-electron chi connectivity index (χ0n) is 11.7. The molecule has 1 atom stereocenters. The molecule has 0 spiro atoms. The number of hydrogen-bond acceptors (Lipinski definition) is 4. The van der Waals surface area contributed by atoms with Gasteiger partial charge in [-0.25, -0.2) is 0 Å². The van der Waals surface area contributed by atoms with E-state index >= 15 is 0 Å². The van der Waals surface area contributed by atoms with E-state index < -0.39 is 15.9 Å². The first-order chi connectivity index (χ1) is 10.4. The van der Waals surface area contributed by atoms with Crippen LogP contribution >= 0.6 is 0 Å². The van der Waals surface area contributed by atoms with Crippen LogP contribution in [0.1, 0.15) is 10.5 Å². The predicted molar refractivity (Wildman–Crippen MR) is 84.6 cm³/mol. The van der Waals surface area contributed by atoms with Crippen LogP contribution in [-0.4, -0.2) is 66.8 Å². The molecule has 0 aliphatic carbocycles. The number of H-pyrrole nitrogens is 1. The molecule has 7 nitrogen and oxygen atoms in total. The Bertz CT molecular complexity index is 840. The maximum absolute atomic E-state index is 12.9. The predicted octanol–water partition coefficient (Wildman–Crippen LogP) is -1.45. The van der Waals surface area contributed by atoms with Gasteiger partial charge in [0.05, 0.1) is 0 Å². The molecule has 1 aromatic carbocycles. The van der Waals surface area contributed by atoms with Gasteiger partial charge in [-0.1, -0.05) is 0 Å². The van der Waals surface area contributed by atoms with Crippen molar-refractivity contribution in [2.75, 3.05) is 26.3 Å². The third-order valence-corrected chi connectivity index (χ3v) is 6.33. The molecule has 1 fully saturated rings. The summed E-state index contributed by atoms with van der Waals surface area (Å²) in [6.45, 7) is 1.22. The number of carbonyl (C=O) groups is 1. The van der Waals surface area contributed by atoms with Crippen molar-refractivity contribution in [3.05, 3.63) is 23.9 Å². The Kier molecular flexibility index (Phi) is 4.03. The fourth-order valence-corrected chi connectivity index (χ4v) is 4.84. The first-order valence-corrected chi connectivity index (χ1v) is 9.35. The van der Waals surface area contributed by atoms with Crippen LogP contribution in [0.3, 0.4) is 0 Å². The molecule has 1 aliphatic heterocycles. The van der Waals surface area contributed by atoms with Gasteiger partial charge >= 0.3 is 136 Å². The summed E-state index contributed by atoms with van der Waals surface area (Å²) in [4.78, 5) is 14.5. The molecule has 1 aliphatic rings. The summed E-state index contributed by atoms with van der Waals surface area (Å²) in [6, 6.07) is 5.40. The van der Waals surface area contributed by atoms with Crippen LogP contribution in [0.2, 0.25) is 0 Å². The molecule has 1 aromatic heterocycles. The first-order valence-electron chi connectivity index (χ1n) is 6.70. The number of carbonyl (C=O) groups excluding carboxylic acids is 1. The SMILES string of the molecule is NC(=O)c1[nH]c2ccc([AsH2])cc2c1S(=O)(=O)N1CCOCC1. The monoisotopic (exact) mass is 385 g/mol. The molecule has 3 rings (SSSR count). The summed E-state index contributed by atoms with van der Waals surface area (Å²) < 4.78 is 33.4. The minimum absolute atomic E-state index is 0.0311. The summed E-state index contributed by atoms with van der Waals surface area (Å²) >= 11 is 1.38. The van der Waals surface area contributed by atoms with Crippen molar-refractivity contribution in [2.45, 2.75) is 4.90 Å². The third-order valence-electron chi connectivity index (χ3n) is 3.59. The average molecular weight is 385 g/mol. The summed E-state index contributed by atoms with van der Waals surface area (Å²) in [7, 11) is -3.81. The van der Waals surface area contributed by atoms with Crippen LogP contribution in [0.4, 0.5) is 0 Å². The van der Waals surface area contributed by atoms with Gasteiger partial charge in [-0.2, -0.15) is 0 Å². The Morgan fingerprint density at radius 1 is 1.32 bits per heavy atom. The number of benzene rings is 1. The van der Waals surface area contributed by atoms with Crippen LogP contribution in [0, 0.1) is 0 Å². The number of sulfonamides is 1. The number of nitrogens with two attached hydrogens (primary N) is 1. The number of morpholine rings is 1. The van der Waals surface area contributed by atoms with E-state index in [0.29, 0.717) is 24.1 Å². The van der Waals surface area contributed by atoms with E-state index in [9.17, 15) is 13.2 Å². The molecule has 0 saturated carbocycles. The van der Waals surface area contributed by atoms with Gasteiger partial charge in [0.25, 0.3) is 0 Å². The fourth-order valence-electron chi connectivity index (χ4n) is 2.54. The maximum atomic E-state index is 12.9. The Hall–Kier alpha value is -1.34. The number of nitrogens with one attached hydrogen (secondary N) is 1. The Morgan fingerprint density at radius 3 is 2.64 bits per heavy atom. The van der Waals surface area contributed by atoms with E-state index in [-0.39, 0.29) is 23.7 Å².